The molecule has 0 aliphatic carbocycles. The average Bonchev–Trinajstić information content (AvgIpc) is 2.00. The van der Waals surface area contributed by atoms with Crippen LogP contribution < -0.4 is 0 Å². The van der Waals surface area contributed by atoms with E-state index in [-0.39, 0.29) is 0 Å². The number of hydrogen-bond donors (Lipinski definition) is 0. The maximum absolute atomic E-state index is 3.80. The Bertz CT molecular complexity index is 156. The summed E-state index contributed by atoms with van der Waals surface area (Å²) in [6.07, 6.45) is 5.31. The van der Waals surface area contributed by atoms with Crippen LogP contribution in [0.1, 0.15) is 27.2 Å². The molecule has 0 saturated carbocycles. The summed E-state index contributed by atoms with van der Waals surface area (Å²) in [6.45, 7) is 11.5. The molecule has 0 radical (unpaired) electrons. The normalized spacial score (nSPS) is 11.9. The number of nitrogens with zero attached hydrogens (tertiary/aromatic N) is 1. The molecule has 0 spiro atoms. The lowest BCUT2D eigenvalue weighted by Crippen LogP contribution is -2.13. The lowest BCUT2D eigenvalue weighted by Gasteiger charge is -2.16. The van der Waals surface area contributed by atoms with Gasteiger partial charge in [0, 0.05) is 19.8 Å². The summed E-state index contributed by atoms with van der Waals surface area (Å²) in [7, 11) is 2.11. The maximum atomic E-state index is 3.80. The highest BCUT2D eigenvalue weighted by Crippen LogP contribution is 2.10. The number of allylic oxidation sites excluding steroid dienone is 2. The van der Waals surface area contributed by atoms with Gasteiger partial charge in [-0.1, -0.05) is 33.4 Å². The van der Waals surface area contributed by atoms with E-state index in [1.165, 1.54) is 12.0 Å². The second-order valence-electron chi connectivity index (χ2n) is 3.47. The minimum absolute atomic E-state index is 0.571. The Morgan fingerprint density at radius 1 is 1.50 bits per heavy atom. The summed E-state index contributed by atoms with van der Waals surface area (Å²) in [4.78, 5) is 2.22. The Labute approximate surface area is 76.8 Å². The highest BCUT2D eigenvalue weighted by Gasteiger charge is 1.99. The molecule has 0 aliphatic heterocycles. The van der Waals surface area contributed by atoms with Crippen molar-refractivity contribution < 1.29 is 0 Å². The van der Waals surface area contributed by atoms with Gasteiger partial charge in [0.15, 0.2) is 0 Å². The van der Waals surface area contributed by atoms with Crippen molar-refractivity contribution in [3.8, 4) is 0 Å². The van der Waals surface area contributed by atoms with E-state index in [1.54, 1.807) is 0 Å². The molecule has 0 atom stereocenters. The van der Waals surface area contributed by atoms with Crippen LogP contribution in [0.2, 0.25) is 0 Å². The van der Waals surface area contributed by atoms with E-state index in [2.05, 4.69) is 45.5 Å². The van der Waals surface area contributed by atoms with Crippen LogP contribution in [0.5, 0.6) is 0 Å². The molecule has 0 amide bonds. The van der Waals surface area contributed by atoms with Crippen LogP contribution in [0.3, 0.4) is 0 Å². The Hall–Kier alpha value is -0.720. The van der Waals surface area contributed by atoms with Gasteiger partial charge >= 0.3 is 0 Å². The molecule has 0 aromatic rings. The van der Waals surface area contributed by atoms with Crippen molar-refractivity contribution in [3.05, 3.63) is 24.4 Å². The molecule has 0 aromatic carbocycles. The molecule has 0 N–H and O–H groups in total. The molecule has 0 bridgehead atoms. The maximum Gasteiger partial charge on any atom is 0.0166 e. The van der Waals surface area contributed by atoms with E-state index >= 15 is 0 Å². The first kappa shape index (κ1) is 11.3. The predicted octanol–water partition coefficient (Wildman–Crippen LogP) is 3.05. The van der Waals surface area contributed by atoms with Crippen molar-refractivity contribution in [3.63, 3.8) is 0 Å². The first-order valence-electron chi connectivity index (χ1n) is 4.66. The quantitative estimate of drug-likeness (QED) is 0.569. The van der Waals surface area contributed by atoms with E-state index in [1.807, 2.05) is 6.08 Å². The molecule has 0 aliphatic rings. The van der Waals surface area contributed by atoms with Gasteiger partial charge in [0.25, 0.3) is 0 Å². The molecule has 12 heavy (non-hydrogen) atoms. The summed E-state index contributed by atoms with van der Waals surface area (Å²) in [5, 5.41) is 0. The average molecular weight is 167 g/mol. The van der Waals surface area contributed by atoms with E-state index in [9.17, 15) is 0 Å². The minimum Gasteiger partial charge on any atom is -0.380 e. The van der Waals surface area contributed by atoms with Crippen molar-refractivity contribution >= 4 is 0 Å². The third-order valence-corrected chi connectivity index (χ3v) is 1.85. The zero-order valence-corrected chi connectivity index (χ0v) is 8.80. The summed E-state index contributed by atoms with van der Waals surface area (Å²) in [6, 6.07) is 0. The summed E-state index contributed by atoms with van der Waals surface area (Å²) < 4.78 is 0. The molecule has 70 valence electrons. The second-order valence-corrected chi connectivity index (χ2v) is 3.47. The zero-order valence-electron chi connectivity index (χ0n) is 8.80. The lowest BCUT2D eigenvalue weighted by molar-refractivity contribution is 0.447. The smallest absolute Gasteiger partial charge is 0.0166 e. The third-order valence-electron chi connectivity index (χ3n) is 1.85. The number of hydrogen-bond acceptors (Lipinski definition) is 1. The Morgan fingerprint density at radius 3 is 2.42 bits per heavy atom. The van der Waals surface area contributed by atoms with Crippen LogP contribution in [-0.4, -0.2) is 18.5 Å². The van der Waals surface area contributed by atoms with E-state index in [4.69, 9.17) is 0 Å². The fourth-order valence-corrected chi connectivity index (χ4v) is 1.11. The summed E-state index contributed by atoms with van der Waals surface area (Å²) in [5.41, 5.74) is 1.31. The van der Waals surface area contributed by atoms with Crippen LogP contribution in [0.15, 0.2) is 24.4 Å². The summed E-state index contributed by atoms with van der Waals surface area (Å²) >= 11 is 0. The van der Waals surface area contributed by atoms with Gasteiger partial charge in [-0.3, -0.25) is 0 Å². The van der Waals surface area contributed by atoms with Gasteiger partial charge in [-0.25, -0.2) is 0 Å². The highest BCUT2D eigenvalue weighted by atomic mass is 15.1. The highest BCUT2D eigenvalue weighted by molar-refractivity contribution is 5.17. The first-order chi connectivity index (χ1) is 5.61. The molecule has 0 unspecified atom stereocenters. The van der Waals surface area contributed by atoms with Gasteiger partial charge < -0.3 is 4.90 Å². The van der Waals surface area contributed by atoms with Crippen molar-refractivity contribution in [1.29, 1.82) is 0 Å². The van der Waals surface area contributed by atoms with Crippen LogP contribution >= 0.6 is 0 Å². The van der Waals surface area contributed by atoms with Crippen molar-refractivity contribution in [2.75, 3.05) is 13.6 Å². The van der Waals surface area contributed by atoms with Gasteiger partial charge in [0.05, 0.1) is 0 Å². The summed E-state index contributed by atoms with van der Waals surface area (Å²) in [5.74, 6) is 0.571. The Balaban J connectivity index is 4.17. The van der Waals surface area contributed by atoms with E-state index in [0.717, 1.165) is 6.54 Å². The fraction of sp³-hybridized carbons (Fsp3) is 0.636. The Kier molecular flexibility index (Phi) is 5.52. The van der Waals surface area contributed by atoms with Gasteiger partial charge in [0.2, 0.25) is 0 Å². The predicted molar refractivity (Wildman–Crippen MR) is 56.0 cm³/mol. The fourth-order valence-electron chi connectivity index (χ4n) is 1.11. The van der Waals surface area contributed by atoms with Crippen LogP contribution in [0.4, 0.5) is 0 Å². The van der Waals surface area contributed by atoms with Crippen LogP contribution in [-0.2, 0) is 0 Å². The minimum atomic E-state index is 0.571. The Morgan fingerprint density at radius 2 is 2.08 bits per heavy atom. The molecule has 1 nitrogen and oxygen atoms in total. The molecule has 0 fully saturated rings. The van der Waals surface area contributed by atoms with E-state index < -0.39 is 0 Å². The standard InChI is InChI=1S/C11H21N/c1-6-8-12(5)9-11(7-2)10(3)4/h7,9-10H,2,6,8H2,1,3-5H3/b11-9+. The van der Waals surface area contributed by atoms with Crippen LogP contribution in [0, 0.1) is 5.92 Å². The van der Waals surface area contributed by atoms with Gasteiger partial charge in [-0.2, -0.15) is 0 Å². The molecule has 1 heteroatoms. The lowest BCUT2D eigenvalue weighted by atomic mass is 10.1. The van der Waals surface area contributed by atoms with Crippen molar-refractivity contribution in [1.82, 2.24) is 4.90 Å². The molecule has 0 heterocycles. The van der Waals surface area contributed by atoms with Gasteiger partial charge in [-0.15, -0.1) is 0 Å². The largest absolute Gasteiger partial charge is 0.380 e. The van der Waals surface area contributed by atoms with Crippen molar-refractivity contribution in [2.24, 2.45) is 5.92 Å². The third kappa shape index (κ3) is 4.22. The SMILES string of the molecule is C=C/C(=C\N(C)CCC)C(C)C. The molecular formula is C11H21N. The van der Waals surface area contributed by atoms with Crippen molar-refractivity contribution in [2.45, 2.75) is 27.2 Å². The molecule has 0 saturated heterocycles. The monoisotopic (exact) mass is 167 g/mol. The zero-order chi connectivity index (χ0) is 9.56. The van der Waals surface area contributed by atoms with Crippen LogP contribution in [0.25, 0.3) is 0 Å². The van der Waals surface area contributed by atoms with Gasteiger partial charge in [-0.05, 0) is 17.9 Å². The van der Waals surface area contributed by atoms with E-state index in [0.29, 0.717) is 5.92 Å². The first-order valence-corrected chi connectivity index (χ1v) is 4.66. The molecular weight excluding hydrogens is 146 g/mol. The molecule has 0 rings (SSSR count). The number of rotatable bonds is 5. The molecule has 0 aromatic heterocycles. The second kappa shape index (κ2) is 5.87. The topological polar surface area (TPSA) is 3.24 Å². The van der Waals surface area contributed by atoms with Gasteiger partial charge in [0.1, 0.15) is 0 Å².